The van der Waals surface area contributed by atoms with E-state index in [1.165, 1.54) is 6.07 Å². The van der Waals surface area contributed by atoms with Gasteiger partial charge in [0, 0.05) is 17.9 Å². The zero-order valence-electron chi connectivity index (χ0n) is 15.7. The molecule has 0 unspecified atom stereocenters. The fraction of sp³-hybridized carbons (Fsp3) is 0.130. The number of carbonyl (C=O) groups is 1. The van der Waals surface area contributed by atoms with E-state index in [-0.39, 0.29) is 11.7 Å². The van der Waals surface area contributed by atoms with E-state index in [2.05, 4.69) is 15.3 Å². The quantitative estimate of drug-likeness (QED) is 0.427. The average molecular weight is 405 g/mol. The number of carbonyl (C=O) groups excluding carboxylic acids is 1. The second-order valence-electron chi connectivity index (χ2n) is 6.60. The van der Waals surface area contributed by atoms with Gasteiger partial charge in [-0.05, 0) is 41.8 Å². The number of imidazole rings is 1. The highest BCUT2D eigenvalue weighted by molar-refractivity contribution is 7.98. The third-order valence-corrected chi connectivity index (χ3v) is 5.55. The van der Waals surface area contributed by atoms with Crippen LogP contribution in [-0.2, 0) is 12.2 Å². The highest BCUT2D eigenvalue weighted by Crippen LogP contribution is 2.24. The van der Waals surface area contributed by atoms with Gasteiger partial charge in [-0.15, -0.1) is 0 Å². The van der Waals surface area contributed by atoms with Crippen LogP contribution in [0.4, 0.5) is 4.39 Å². The second-order valence-corrected chi connectivity index (χ2v) is 7.57. The van der Waals surface area contributed by atoms with Crippen LogP contribution in [0.1, 0.15) is 21.5 Å². The molecule has 0 aliphatic heterocycles. The van der Waals surface area contributed by atoms with Crippen LogP contribution in [0, 0.1) is 5.82 Å². The Morgan fingerprint density at radius 1 is 0.966 bits per heavy atom. The summed E-state index contributed by atoms with van der Waals surface area (Å²) < 4.78 is 13.7. The molecule has 4 nitrogen and oxygen atoms in total. The van der Waals surface area contributed by atoms with Crippen LogP contribution >= 0.6 is 11.8 Å². The summed E-state index contributed by atoms with van der Waals surface area (Å²) in [5, 5.41) is 3.72. The number of halogens is 1. The van der Waals surface area contributed by atoms with Crippen LogP contribution in [0.2, 0.25) is 0 Å². The Morgan fingerprint density at radius 3 is 2.52 bits per heavy atom. The van der Waals surface area contributed by atoms with Gasteiger partial charge in [0.25, 0.3) is 5.91 Å². The van der Waals surface area contributed by atoms with E-state index in [4.69, 9.17) is 0 Å². The van der Waals surface area contributed by atoms with Gasteiger partial charge >= 0.3 is 0 Å². The summed E-state index contributed by atoms with van der Waals surface area (Å²) in [6.07, 6.45) is 0.453. The van der Waals surface area contributed by atoms with Crippen molar-refractivity contribution >= 4 is 28.7 Å². The molecule has 1 heterocycles. The van der Waals surface area contributed by atoms with Crippen molar-refractivity contribution in [2.75, 3.05) is 6.54 Å². The monoisotopic (exact) mass is 405 g/mol. The molecule has 0 aliphatic carbocycles. The molecular weight excluding hydrogens is 385 g/mol. The highest BCUT2D eigenvalue weighted by Gasteiger charge is 2.12. The smallest absolute Gasteiger partial charge is 0.251 e. The molecule has 0 bridgehead atoms. The molecule has 1 amide bonds. The maximum atomic E-state index is 13.7. The number of para-hydroxylation sites is 2. The van der Waals surface area contributed by atoms with Gasteiger partial charge in [-0.25, -0.2) is 9.37 Å². The van der Waals surface area contributed by atoms with Crippen molar-refractivity contribution in [1.29, 1.82) is 0 Å². The Labute approximate surface area is 172 Å². The average Bonchev–Trinajstić information content (AvgIpc) is 3.17. The molecule has 2 N–H and O–H groups in total. The molecule has 6 heteroatoms. The molecule has 3 aromatic carbocycles. The highest BCUT2D eigenvalue weighted by atomic mass is 32.2. The summed E-state index contributed by atoms with van der Waals surface area (Å²) in [5.41, 5.74) is 4.08. The number of nitrogens with zero attached hydrogens (tertiary/aromatic N) is 1. The van der Waals surface area contributed by atoms with E-state index < -0.39 is 0 Å². The SMILES string of the molecule is O=C(NCCc1ccccc1F)c1ccccc1CSc1nc2ccccc2[nH]1. The van der Waals surface area contributed by atoms with Gasteiger partial charge in [0.05, 0.1) is 11.0 Å². The topological polar surface area (TPSA) is 57.8 Å². The molecular formula is C23H20FN3OS. The number of amides is 1. The Kier molecular flexibility index (Phi) is 5.91. The summed E-state index contributed by atoms with van der Waals surface area (Å²) in [7, 11) is 0. The van der Waals surface area contributed by atoms with E-state index in [0.717, 1.165) is 21.8 Å². The second kappa shape index (κ2) is 8.92. The number of hydrogen-bond acceptors (Lipinski definition) is 3. The van der Waals surface area contributed by atoms with E-state index >= 15 is 0 Å². The Bertz CT molecular complexity index is 1110. The van der Waals surface area contributed by atoms with E-state index in [0.29, 0.717) is 29.8 Å². The number of rotatable bonds is 7. The third-order valence-electron chi connectivity index (χ3n) is 4.63. The zero-order valence-corrected chi connectivity index (χ0v) is 16.5. The molecule has 0 saturated heterocycles. The lowest BCUT2D eigenvalue weighted by molar-refractivity contribution is 0.0953. The third kappa shape index (κ3) is 4.66. The van der Waals surface area contributed by atoms with Gasteiger partial charge < -0.3 is 10.3 Å². The van der Waals surface area contributed by atoms with Crippen molar-refractivity contribution in [2.24, 2.45) is 0 Å². The fourth-order valence-corrected chi connectivity index (χ4v) is 4.01. The molecule has 0 aliphatic rings. The van der Waals surface area contributed by atoms with Gasteiger partial charge in [-0.1, -0.05) is 60.3 Å². The zero-order chi connectivity index (χ0) is 20.1. The number of benzene rings is 3. The van der Waals surface area contributed by atoms with Crippen LogP contribution in [0.3, 0.4) is 0 Å². The van der Waals surface area contributed by atoms with Gasteiger partial charge in [-0.2, -0.15) is 0 Å². The number of H-pyrrole nitrogens is 1. The summed E-state index contributed by atoms with van der Waals surface area (Å²) in [4.78, 5) is 20.5. The molecule has 146 valence electrons. The van der Waals surface area contributed by atoms with Crippen molar-refractivity contribution in [3.63, 3.8) is 0 Å². The fourth-order valence-electron chi connectivity index (χ4n) is 3.12. The van der Waals surface area contributed by atoms with Crippen LogP contribution in [0.5, 0.6) is 0 Å². The number of thioether (sulfide) groups is 1. The Hall–Kier alpha value is -3.12. The minimum atomic E-state index is -0.246. The number of hydrogen-bond donors (Lipinski definition) is 2. The first kappa shape index (κ1) is 19.2. The summed E-state index contributed by atoms with van der Waals surface area (Å²) in [6, 6.07) is 22.0. The summed E-state index contributed by atoms with van der Waals surface area (Å²) in [5.74, 6) is 0.225. The first-order chi connectivity index (χ1) is 14.2. The molecule has 0 saturated carbocycles. The first-order valence-corrected chi connectivity index (χ1v) is 10.4. The Morgan fingerprint density at radius 2 is 1.69 bits per heavy atom. The largest absolute Gasteiger partial charge is 0.352 e. The predicted octanol–water partition coefficient (Wildman–Crippen LogP) is 4.97. The minimum absolute atomic E-state index is 0.151. The first-order valence-electron chi connectivity index (χ1n) is 9.38. The van der Waals surface area contributed by atoms with Gasteiger partial charge in [-0.3, -0.25) is 4.79 Å². The number of fused-ring (bicyclic) bond motifs is 1. The van der Waals surface area contributed by atoms with Crippen molar-refractivity contribution in [3.8, 4) is 0 Å². The van der Waals surface area contributed by atoms with Crippen molar-refractivity contribution in [3.05, 3.63) is 95.3 Å². The predicted molar refractivity (Wildman–Crippen MR) is 115 cm³/mol. The Balaban J connectivity index is 1.39. The lowest BCUT2D eigenvalue weighted by Crippen LogP contribution is -2.26. The summed E-state index contributed by atoms with van der Waals surface area (Å²) in [6.45, 7) is 0.380. The van der Waals surface area contributed by atoms with Crippen LogP contribution in [-0.4, -0.2) is 22.4 Å². The van der Waals surface area contributed by atoms with Crippen LogP contribution in [0.15, 0.2) is 78.0 Å². The van der Waals surface area contributed by atoms with Crippen molar-refractivity contribution < 1.29 is 9.18 Å². The normalized spacial score (nSPS) is 10.9. The summed E-state index contributed by atoms with van der Waals surface area (Å²) >= 11 is 1.56. The molecule has 0 fully saturated rings. The lowest BCUT2D eigenvalue weighted by Gasteiger charge is -2.10. The maximum Gasteiger partial charge on any atom is 0.251 e. The standard InChI is InChI=1S/C23H20FN3OS/c24-19-10-4-2-7-16(19)13-14-25-22(28)18-9-3-1-8-17(18)15-29-23-26-20-11-5-6-12-21(20)27-23/h1-12H,13-15H2,(H,25,28)(H,26,27). The van der Waals surface area contributed by atoms with Crippen LogP contribution in [0.25, 0.3) is 11.0 Å². The molecule has 0 atom stereocenters. The lowest BCUT2D eigenvalue weighted by atomic mass is 10.1. The van der Waals surface area contributed by atoms with Gasteiger partial charge in [0.15, 0.2) is 5.16 Å². The number of aromatic amines is 1. The van der Waals surface area contributed by atoms with Gasteiger partial charge in [0.2, 0.25) is 0 Å². The van der Waals surface area contributed by atoms with Crippen LogP contribution < -0.4 is 5.32 Å². The van der Waals surface area contributed by atoms with Crippen molar-refractivity contribution in [1.82, 2.24) is 15.3 Å². The molecule has 0 radical (unpaired) electrons. The molecule has 29 heavy (non-hydrogen) atoms. The molecule has 4 aromatic rings. The number of aromatic nitrogens is 2. The van der Waals surface area contributed by atoms with Crippen molar-refractivity contribution in [2.45, 2.75) is 17.3 Å². The van der Waals surface area contributed by atoms with E-state index in [1.54, 1.807) is 30.0 Å². The van der Waals surface area contributed by atoms with E-state index in [1.807, 2.05) is 48.5 Å². The van der Waals surface area contributed by atoms with Gasteiger partial charge in [0.1, 0.15) is 5.82 Å². The number of nitrogens with one attached hydrogen (secondary N) is 2. The molecule has 4 rings (SSSR count). The van der Waals surface area contributed by atoms with E-state index in [9.17, 15) is 9.18 Å². The molecule has 1 aromatic heterocycles. The minimum Gasteiger partial charge on any atom is -0.352 e. The maximum absolute atomic E-state index is 13.7. The molecule has 0 spiro atoms.